The first kappa shape index (κ1) is 16.5. The van der Waals surface area contributed by atoms with Crippen LogP contribution in [0.15, 0.2) is 12.3 Å². The Balaban J connectivity index is 1.88. The molecule has 0 spiro atoms. The van der Waals surface area contributed by atoms with Crippen LogP contribution in [-0.4, -0.2) is 58.0 Å². The molecule has 10 heteroatoms. The highest BCUT2D eigenvalue weighted by Gasteiger charge is 2.58. The Labute approximate surface area is 135 Å². The lowest BCUT2D eigenvalue weighted by atomic mass is 9.81. The lowest BCUT2D eigenvalue weighted by Crippen LogP contribution is -2.42. The number of aliphatic carboxylic acids is 1. The second-order valence-electron chi connectivity index (χ2n) is 6.18. The summed E-state index contributed by atoms with van der Waals surface area (Å²) in [4.78, 5) is 33.6. The number of hydrogen-bond acceptors (Lipinski definition) is 5. The van der Waals surface area contributed by atoms with Crippen molar-refractivity contribution < 1.29 is 27.9 Å². The summed E-state index contributed by atoms with van der Waals surface area (Å²) in [5.41, 5.74) is -2.28. The average Bonchev–Trinajstić information content (AvgIpc) is 3.01. The molecule has 24 heavy (non-hydrogen) atoms. The van der Waals surface area contributed by atoms with Gasteiger partial charge in [0.05, 0.1) is 0 Å². The van der Waals surface area contributed by atoms with Crippen LogP contribution in [0.3, 0.4) is 0 Å². The number of carboxylic acid groups (broad SMARTS) is 1. The number of nitrogens with zero attached hydrogens (tertiary/aromatic N) is 4. The molecule has 0 aromatic carbocycles. The third-order valence-electron chi connectivity index (χ3n) is 4.70. The van der Waals surface area contributed by atoms with Crippen molar-refractivity contribution in [2.24, 2.45) is 11.3 Å². The number of alkyl halides is 3. The third kappa shape index (κ3) is 2.55. The van der Waals surface area contributed by atoms with E-state index in [1.807, 2.05) is 0 Å². The molecule has 1 aromatic heterocycles. The number of carbonyl (C=O) groups is 2. The molecule has 1 N–H and O–H groups in total. The number of hydrogen-bond donors (Lipinski definition) is 1. The van der Waals surface area contributed by atoms with Crippen LogP contribution in [0.2, 0.25) is 0 Å². The zero-order valence-corrected chi connectivity index (χ0v) is 12.7. The molecular weight excluding hydrogens is 329 g/mol. The Morgan fingerprint density at radius 2 is 2.04 bits per heavy atom. The van der Waals surface area contributed by atoms with Gasteiger partial charge in [-0.25, -0.2) is 9.97 Å². The van der Waals surface area contributed by atoms with Crippen molar-refractivity contribution in [3.05, 3.63) is 18.0 Å². The first-order chi connectivity index (χ1) is 11.1. The van der Waals surface area contributed by atoms with Crippen LogP contribution in [0.25, 0.3) is 0 Å². The topological polar surface area (TPSA) is 86.6 Å². The molecule has 0 unspecified atom stereocenters. The molecular formula is C14H15F3N4O3. The standard InChI is InChI=1S/C14H15F3N4O3/c1-8(22)20-4-9-5-21(7-13(9,6-20)11(23)24)12-18-3-2-10(19-12)14(15,16)17/h2-3,9H,4-7H2,1H3,(H,23,24)/t9-,13-/m1/s1. The van der Waals surface area contributed by atoms with E-state index in [-0.39, 0.29) is 44.0 Å². The largest absolute Gasteiger partial charge is 0.481 e. The normalized spacial score (nSPS) is 26.6. The summed E-state index contributed by atoms with van der Waals surface area (Å²) in [6, 6.07) is 0.769. The number of amides is 1. The number of carbonyl (C=O) groups excluding carboxylic acids is 1. The van der Waals surface area contributed by atoms with Gasteiger partial charge in [-0.15, -0.1) is 0 Å². The Morgan fingerprint density at radius 3 is 2.58 bits per heavy atom. The Bertz CT molecular complexity index is 696. The highest BCUT2D eigenvalue weighted by molar-refractivity contribution is 5.81. The number of aromatic nitrogens is 2. The lowest BCUT2D eigenvalue weighted by Gasteiger charge is -2.25. The molecule has 0 radical (unpaired) electrons. The van der Waals surface area contributed by atoms with Crippen LogP contribution < -0.4 is 4.90 Å². The predicted octanol–water partition coefficient (Wildman–Crippen LogP) is 0.865. The molecule has 130 valence electrons. The van der Waals surface area contributed by atoms with Gasteiger partial charge in [-0.2, -0.15) is 13.2 Å². The van der Waals surface area contributed by atoms with Crippen molar-refractivity contribution in [1.29, 1.82) is 0 Å². The number of rotatable bonds is 2. The van der Waals surface area contributed by atoms with Gasteiger partial charge in [0.2, 0.25) is 11.9 Å². The van der Waals surface area contributed by atoms with Gasteiger partial charge in [0.1, 0.15) is 11.1 Å². The minimum Gasteiger partial charge on any atom is -0.481 e. The van der Waals surface area contributed by atoms with Gasteiger partial charge < -0.3 is 14.9 Å². The van der Waals surface area contributed by atoms with Crippen molar-refractivity contribution in [2.45, 2.75) is 13.1 Å². The van der Waals surface area contributed by atoms with Crippen molar-refractivity contribution in [1.82, 2.24) is 14.9 Å². The minimum absolute atomic E-state index is 0.0297. The molecule has 3 rings (SSSR count). The SMILES string of the molecule is CC(=O)N1C[C@@H]2CN(c3nccc(C(F)(F)F)n3)C[C@]2(C(=O)O)C1. The molecule has 3 heterocycles. The van der Waals surface area contributed by atoms with Crippen molar-refractivity contribution in [3.8, 4) is 0 Å². The maximum atomic E-state index is 12.8. The van der Waals surface area contributed by atoms with Crippen LogP contribution in [0.1, 0.15) is 12.6 Å². The number of anilines is 1. The number of carboxylic acids is 1. The molecule has 0 saturated carbocycles. The summed E-state index contributed by atoms with van der Waals surface area (Å²) in [5.74, 6) is -1.80. The highest BCUT2D eigenvalue weighted by Crippen LogP contribution is 2.44. The van der Waals surface area contributed by atoms with Gasteiger partial charge in [-0.3, -0.25) is 9.59 Å². The smallest absolute Gasteiger partial charge is 0.433 e. The van der Waals surface area contributed by atoms with E-state index >= 15 is 0 Å². The average molecular weight is 344 g/mol. The maximum absolute atomic E-state index is 12.8. The number of halogens is 3. The number of fused-ring (bicyclic) bond motifs is 1. The molecule has 1 amide bonds. The van der Waals surface area contributed by atoms with Crippen LogP contribution >= 0.6 is 0 Å². The van der Waals surface area contributed by atoms with Crippen molar-refractivity contribution in [2.75, 3.05) is 31.1 Å². The molecule has 2 atom stereocenters. The molecule has 1 aromatic rings. The Hall–Kier alpha value is -2.39. The summed E-state index contributed by atoms with van der Waals surface area (Å²) in [6.45, 7) is 1.83. The van der Waals surface area contributed by atoms with Gasteiger partial charge in [0.25, 0.3) is 0 Å². The van der Waals surface area contributed by atoms with Gasteiger partial charge in [-0.1, -0.05) is 0 Å². The first-order valence-corrected chi connectivity index (χ1v) is 7.27. The van der Waals surface area contributed by atoms with Crippen LogP contribution in [0, 0.1) is 11.3 Å². The summed E-state index contributed by atoms with van der Waals surface area (Å²) in [5, 5.41) is 9.64. The monoisotopic (exact) mass is 344 g/mol. The van der Waals surface area contributed by atoms with Gasteiger partial charge in [0.15, 0.2) is 0 Å². The predicted molar refractivity (Wildman–Crippen MR) is 75.1 cm³/mol. The fourth-order valence-electron chi connectivity index (χ4n) is 3.42. The molecule has 2 aliphatic heterocycles. The molecule has 0 bridgehead atoms. The molecule has 2 fully saturated rings. The van der Waals surface area contributed by atoms with E-state index in [0.717, 1.165) is 12.3 Å². The van der Waals surface area contributed by atoms with E-state index in [0.29, 0.717) is 0 Å². The van der Waals surface area contributed by atoms with Gasteiger partial charge in [0, 0.05) is 45.2 Å². The summed E-state index contributed by atoms with van der Waals surface area (Å²) in [7, 11) is 0. The first-order valence-electron chi connectivity index (χ1n) is 7.27. The Kier molecular flexibility index (Phi) is 3.65. The third-order valence-corrected chi connectivity index (χ3v) is 4.70. The summed E-state index contributed by atoms with van der Waals surface area (Å²) in [6.07, 6.45) is -3.59. The Morgan fingerprint density at radius 1 is 1.33 bits per heavy atom. The fourth-order valence-corrected chi connectivity index (χ4v) is 3.42. The zero-order chi connectivity index (χ0) is 17.7. The highest BCUT2D eigenvalue weighted by atomic mass is 19.4. The molecule has 2 saturated heterocycles. The van der Waals surface area contributed by atoms with Gasteiger partial charge in [-0.05, 0) is 6.07 Å². The second kappa shape index (κ2) is 5.32. The van der Waals surface area contributed by atoms with Crippen molar-refractivity contribution >= 4 is 17.8 Å². The van der Waals surface area contributed by atoms with E-state index in [1.165, 1.54) is 16.7 Å². The zero-order valence-electron chi connectivity index (χ0n) is 12.7. The molecule has 2 aliphatic rings. The van der Waals surface area contributed by atoms with Crippen LogP contribution in [-0.2, 0) is 15.8 Å². The lowest BCUT2D eigenvalue weighted by molar-refractivity contribution is -0.148. The van der Waals surface area contributed by atoms with Crippen LogP contribution in [0.4, 0.5) is 19.1 Å². The van der Waals surface area contributed by atoms with E-state index < -0.39 is 23.3 Å². The van der Waals surface area contributed by atoms with Gasteiger partial charge >= 0.3 is 12.1 Å². The number of likely N-dealkylation sites (tertiary alicyclic amines) is 1. The second-order valence-corrected chi connectivity index (χ2v) is 6.18. The molecule has 0 aliphatic carbocycles. The maximum Gasteiger partial charge on any atom is 0.433 e. The van der Waals surface area contributed by atoms with E-state index in [4.69, 9.17) is 0 Å². The van der Waals surface area contributed by atoms with E-state index in [1.54, 1.807) is 0 Å². The fraction of sp³-hybridized carbons (Fsp3) is 0.571. The van der Waals surface area contributed by atoms with Crippen molar-refractivity contribution in [3.63, 3.8) is 0 Å². The quantitative estimate of drug-likeness (QED) is 0.857. The molecule has 7 nitrogen and oxygen atoms in total. The summed E-state index contributed by atoms with van der Waals surface area (Å²) >= 11 is 0. The minimum atomic E-state index is -4.59. The summed E-state index contributed by atoms with van der Waals surface area (Å²) < 4.78 is 38.3. The van der Waals surface area contributed by atoms with E-state index in [2.05, 4.69) is 9.97 Å². The van der Waals surface area contributed by atoms with E-state index in [9.17, 15) is 27.9 Å². The van der Waals surface area contributed by atoms with Crippen LogP contribution in [0.5, 0.6) is 0 Å².